The molecule has 0 amide bonds. The molecule has 0 unspecified atom stereocenters. The largest absolute Gasteiger partial charge is 0.456 e. The summed E-state index contributed by atoms with van der Waals surface area (Å²) < 4.78 is 14.5. The van der Waals surface area contributed by atoms with E-state index in [9.17, 15) is 4.79 Å². The average Bonchev–Trinajstić information content (AvgIpc) is 3.43. The van der Waals surface area contributed by atoms with Crippen molar-refractivity contribution in [1.29, 1.82) is 0 Å². The van der Waals surface area contributed by atoms with Gasteiger partial charge in [-0.1, -0.05) is 54.6 Å². The van der Waals surface area contributed by atoms with E-state index in [0.29, 0.717) is 27.5 Å². The minimum atomic E-state index is -0.0637. The van der Waals surface area contributed by atoms with Gasteiger partial charge in [0.2, 0.25) is 5.43 Å². The number of benzene rings is 5. The molecular formula is C31H17NO3. The maximum atomic E-state index is 13.7. The number of aromatic nitrogens is 1. The van der Waals surface area contributed by atoms with Gasteiger partial charge in [-0.15, -0.1) is 0 Å². The summed E-state index contributed by atoms with van der Waals surface area (Å²) in [6, 6.07) is 34.1. The van der Waals surface area contributed by atoms with Crippen LogP contribution in [0, 0.1) is 0 Å². The van der Waals surface area contributed by atoms with Crippen molar-refractivity contribution < 1.29 is 8.83 Å². The van der Waals surface area contributed by atoms with Crippen LogP contribution in [0.25, 0.3) is 71.4 Å². The number of rotatable bonds is 1. The molecular weight excluding hydrogens is 434 g/mol. The van der Waals surface area contributed by atoms with Crippen LogP contribution in [0.5, 0.6) is 0 Å². The van der Waals surface area contributed by atoms with E-state index in [1.165, 1.54) is 10.8 Å². The second-order valence-electron chi connectivity index (χ2n) is 8.92. The van der Waals surface area contributed by atoms with E-state index < -0.39 is 0 Å². The van der Waals surface area contributed by atoms with Gasteiger partial charge in [0.15, 0.2) is 0 Å². The smallest absolute Gasteiger partial charge is 0.200 e. The summed E-state index contributed by atoms with van der Waals surface area (Å²) in [7, 11) is 0. The standard InChI is InChI=1S/C31H17NO3/c33-31-23-15-18(32-25-10-4-1-7-19(25)20-8-2-5-11-26(20)32)13-14-28(23)35-30-16-22-21-9-3-6-12-27(21)34-29(22)17-24(30)31/h1-17H. The fraction of sp³-hybridized carbons (Fsp3) is 0. The topological polar surface area (TPSA) is 48.3 Å². The number of para-hydroxylation sites is 3. The van der Waals surface area contributed by atoms with E-state index in [0.717, 1.165) is 33.1 Å². The Morgan fingerprint density at radius 3 is 1.74 bits per heavy atom. The van der Waals surface area contributed by atoms with Crippen LogP contribution >= 0.6 is 0 Å². The summed E-state index contributed by atoms with van der Waals surface area (Å²) in [5.41, 5.74) is 5.67. The molecule has 0 fully saturated rings. The third-order valence-electron chi connectivity index (χ3n) is 6.99. The quantitative estimate of drug-likeness (QED) is 0.238. The van der Waals surface area contributed by atoms with Crippen molar-refractivity contribution in [2.45, 2.75) is 0 Å². The fourth-order valence-electron chi connectivity index (χ4n) is 5.40. The lowest BCUT2D eigenvalue weighted by Crippen LogP contribution is -2.03. The Morgan fingerprint density at radius 2 is 1.00 bits per heavy atom. The molecule has 8 aromatic rings. The first-order valence-corrected chi connectivity index (χ1v) is 11.6. The Kier molecular flexibility index (Phi) is 3.51. The molecule has 0 atom stereocenters. The molecule has 5 aromatic carbocycles. The van der Waals surface area contributed by atoms with Gasteiger partial charge in [-0.05, 0) is 48.5 Å². The SMILES string of the molecule is O=c1c2cc(-n3c4ccccc4c4ccccc43)ccc2oc2cc3c(cc12)oc1ccccc13. The van der Waals surface area contributed by atoms with Crippen molar-refractivity contribution >= 4 is 65.7 Å². The lowest BCUT2D eigenvalue weighted by Gasteiger charge is -2.09. The van der Waals surface area contributed by atoms with E-state index in [1.54, 1.807) is 0 Å². The lowest BCUT2D eigenvalue weighted by molar-refractivity contribution is 0.657. The molecule has 0 aliphatic carbocycles. The van der Waals surface area contributed by atoms with Gasteiger partial charge in [-0.2, -0.15) is 0 Å². The van der Waals surface area contributed by atoms with Gasteiger partial charge in [0.25, 0.3) is 0 Å². The van der Waals surface area contributed by atoms with Crippen LogP contribution in [-0.4, -0.2) is 4.57 Å². The Bertz CT molecular complexity index is 2140. The highest BCUT2D eigenvalue weighted by atomic mass is 16.3. The maximum absolute atomic E-state index is 13.7. The molecule has 0 saturated carbocycles. The fourth-order valence-corrected chi connectivity index (χ4v) is 5.40. The molecule has 3 heterocycles. The second-order valence-corrected chi connectivity index (χ2v) is 8.92. The summed E-state index contributed by atoms with van der Waals surface area (Å²) in [4.78, 5) is 13.7. The number of nitrogens with zero attached hydrogens (tertiary/aromatic N) is 1. The predicted octanol–water partition coefficient (Wildman–Crippen LogP) is 7.94. The molecule has 0 N–H and O–H groups in total. The van der Waals surface area contributed by atoms with E-state index in [1.807, 2.05) is 66.7 Å². The van der Waals surface area contributed by atoms with Crippen LogP contribution in [0.1, 0.15) is 0 Å². The van der Waals surface area contributed by atoms with Crippen LogP contribution in [-0.2, 0) is 0 Å². The van der Waals surface area contributed by atoms with Crippen LogP contribution in [0.2, 0.25) is 0 Å². The third-order valence-corrected chi connectivity index (χ3v) is 6.99. The van der Waals surface area contributed by atoms with Gasteiger partial charge in [-0.3, -0.25) is 4.79 Å². The van der Waals surface area contributed by atoms with Gasteiger partial charge in [0.05, 0.1) is 21.8 Å². The molecule has 164 valence electrons. The van der Waals surface area contributed by atoms with Crippen molar-refractivity contribution in [1.82, 2.24) is 4.57 Å². The van der Waals surface area contributed by atoms with Crippen LogP contribution < -0.4 is 5.43 Å². The van der Waals surface area contributed by atoms with Crippen molar-refractivity contribution in [3.63, 3.8) is 0 Å². The maximum Gasteiger partial charge on any atom is 0.200 e. The zero-order valence-corrected chi connectivity index (χ0v) is 18.5. The summed E-state index contributed by atoms with van der Waals surface area (Å²) in [6.45, 7) is 0. The highest BCUT2D eigenvalue weighted by Crippen LogP contribution is 2.34. The van der Waals surface area contributed by atoms with Gasteiger partial charge in [0.1, 0.15) is 22.3 Å². The summed E-state index contributed by atoms with van der Waals surface area (Å²) in [6.07, 6.45) is 0. The summed E-state index contributed by atoms with van der Waals surface area (Å²) >= 11 is 0. The number of fused-ring (bicyclic) bond motifs is 8. The monoisotopic (exact) mass is 451 g/mol. The highest BCUT2D eigenvalue weighted by molar-refractivity contribution is 6.11. The zero-order valence-electron chi connectivity index (χ0n) is 18.5. The van der Waals surface area contributed by atoms with Crippen molar-refractivity contribution in [3.05, 3.63) is 113 Å². The molecule has 0 radical (unpaired) electrons. The molecule has 35 heavy (non-hydrogen) atoms. The number of furan rings is 1. The van der Waals surface area contributed by atoms with E-state index in [4.69, 9.17) is 8.83 Å². The number of hydrogen-bond acceptors (Lipinski definition) is 3. The van der Waals surface area contributed by atoms with E-state index >= 15 is 0 Å². The Morgan fingerprint density at radius 1 is 0.457 bits per heavy atom. The van der Waals surface area contributed by atoms with Gasteiger partial charge >= 0.3 is 0 Å². The van der Waals surface area contributed by atoms with Gasteiger partial charge in [0, 0.05) is 27.2 Å². The van der Waals surface area contributed by atoms with Crippen LogP contribution in [0.3, 0.4) is 0 Å². The number of hydrogen-bond donors (Lipinski definition) is 0. The molecule has 4 nitrogen and oxygen atoms in total. The van der Waals surface area contributed by atoms with E-state index in [2.05, 4.69) is 41.0 Å². The molecule has 0 spiro atoms. The first kappa shape index (κ1) is 18.6. The Labute approximate surface area is 198 Å². The molecule has 8 rings (SSSR count). The summed E-state index contributed by atoms with van der Waals surface area (Å²) in [5.74, 6) is 0. The average molecular weight is 451 g/mol. The minimum absolute atomic E-state index is 0.0637. The van der Waals surface area contributed by atoms with E-state index in [-0.39, 0.29) is 5.43 Å². The molecule has 0 bridgehead atoms. The predicted molar refractivity (Wildman–Crippen MR) is 142 cm³/mol. The van der Waals surface area contributed by atoms with Crippen molar-refractivity contribution in [2.75, 3.05) is 0 Å². The Balaban J connectivity index is 1.44. The lowest BCUT2D eigenvalue weighted by atomic mass is 10.1. The molecule has 0 saturated heterocycles. The zero-order chi connectivity index (χ0) is 23.1. The normalized spacial score (nSPS) is 12.1. The minimum Gasteiger partial charge on any atom is -0.456 e. The molecule has 0 aliphatic heterocycles. The van der Waals surface area contributed by atoms with Crippen molar-refractivity contribution in [2.24, 2.45) is 0 Å². The summed E-state index contributed by atoms with van der Waals surface area (Å²) in [5, 5.41) is 5.38. The highest BCUT2D eigenvalue weighted by Gasteiger charge is 2.16. The third kappa shape index (κ3) is 2.48. The first-order chi connectivity index (χ1) is 17.3. The van der Waals surface area contributed by atoms with Crippen molar-refractivity contribution in [3.8, 4) is 5.69 Å². The molecule has 3 aromatic heterocycles. The van der Waals surface area contributed by atoms with Crippen LogP contribution in [0.4, 0.5) is 0 Å². The first-order valence-electron chi connectivity index (χ1n) is 11.6. The van der Waals surface area contributed by atoms with Gasteiger partial charge in [-0.25, -0.2) is 0 Å². The Hall–Kier alpha value is -4.83. The molecule has 0 aliphatic rings. The second kappa shape index (κ2) is 6.61. The van der Waals surface area contributed by atoms with Gasteiger partial charge < -0.3 is 13.4 Å². The molecule has 4 heteroatoms. The van der Waals surface area contributed by atoms with Crippen LogP contribution in [0.15, 0.2) is 117 Å².